The van der Waals surface area contributed by atoms with Crippen LogP contribution in [0.2, 0.25) is 0 Å². The van der Waals surface area contributed by atoms with Crippen LogP contribution >= 0.6 is 0 Å². The van der Waals surface area contributed by atoms with Crippen molar-refractivity contribution in [1.29, 1.82) is 0 Å². The number of rotatable bonds is 1. The molecule has 1 aliphatic carbocycles. The van der Waals surface area contributed by atoms with Gasteiger partial charge in [-0.3, -0.25) is 4.79 Å². The third kappa shape index (κ3) is 2.24. The van der Waals surface area contributed by atoms with Crippen molar-refractivity contribution in [2.45, 2.75) is 38.5 Å². The summed E-state index contributed by atoms with van der Waals surface area (Å²) < 4.78 is 25.3. The Bertz CT molecular complexity index is 165. The van der Waals surface area contributed by atoms with Crippen LogP contribution in [0.1, 0.15) is 32.6 Å². The second-order valence-electron chi connectivity index (χ2n) is 3.26. The monoisotopic (exact) mass is 162 g/mol. The van der Waals surface area contributed by atoms with Crippen LogP contribution in [0, 0.1) is 5.92 Å². The fraction of sp³-hybridized carbons (Fsp3) is 0.875. The van der Waals surface area contributed by atoms with E-state index in [9.17, 15) is 13.6 Å². The van der Waals surface area contributed by atoms with E-state index in [0.29, 0.717) is 12.8 Å². The van der Waals surface area contributed by atoms with E-state index in [-0.39, 0.29) is 18.6 Å². The summed E-state index contributed by atoms with van der Waals surface area (Å²) in [6.45, 7) is 1.39. The number of ketones is 1. The molecule has 0 aliphatic heterocycles. The average molecular weight is 162 g/mol. The summed E-state index contributed by atoms with van der Waals surface area (Å²) in [5, 5.41) is 0. The summed E-state index contributed by atoms with van der Waals surface area (Å²) in [6, 6.07) is 0. The lowest BCUT2D eigenvalue weighted by Crippen LogP contribution is -2.29. The molecule has 1 nitrogen and oxygen atoms in total. The molecule has 0 radical (unpaired) electrons. The molecule has 1 saturated carbocycles. The number of carbonyl (C=O) groups is 1. The quantitative estimate of drug-likeness (QED) is 0.578. The van der Waals surface area contributed by atoms with Crippen molar-refractivity contribution in [2.24, 2.45) is 5.92 Å². The first-order valence-corrected chi connectivity index (χ1v) is 3.89. The molecule has 0 heterocycles. The van der Waals surface area contributed by atoms with Gasteiger partial charge in [0.1, 0.15) is 5.78 Å². The van der Waals surface area contributed by atoms with Crippen LogP contribution in [-0.2, 0) is 4.79 Å². The summed E-state index contributed by atoms with van der Waals surface area (Å²) in [7, 11) is 0. The van der Waals surface area contributed by atoms with Gasteiger partial charge in [-0.1, -0.05) is 0 Å². The number of Topliss-reactive ketones (excluding diaryl/α,β-unsaturated/α-hetero) is 1. The van der Waals surface area contributed by atoms with E-state index < -0.39 is 11.8 Å². The van der Waals surface area contributed by atoms with E-state index in [1.54, 1.807) is 0 Å². The molecule has 0 N–H and O–H groups in total. The molecule has 0 aromatic rings. The van der Waals surface area contributed by atoms with Crippen LogP contribution in [0.3, 0.4) is 0 Å². The normalized spacial score (nSPS) is 29.9. The molecule has 1 rings (SSSR count). The first kappa shape index (κ1) is 8.62. The molecule has 0 aromatic heterocycles. The summed E-state index contributed by atoms with van der Waals surface area (Å²) in [5.41, 5.74) is 0. The summed E-state index contributed by atoms with van der Waals surface area (Å²) in [5.74, 6) is -3.07. The zero-order valence-electron chi connectivity index (χ0n) is 6.57. The van der Waals surface area contributed by atoms with Crippen molar-refractivity contribution in [3.63, 3.8) is 0 Å². The maximum atomic E-state index is 12.7. The number of carbonyl (C=O) groups excluding carboxylic acids is 1. The predicted molar refractivity (Wildman–Crippen MR) is 37.6 cm³/mol. The number of hydrogen-bond acceptors (Lipinski definition) is 1. The molecule has 1 atom stereocenters. The van der Waals surface area contributed by atoms with Crippen LogP contribution < -0.4 is 0 Å². The highest BCUT2D eigenvalue weighted by molar-refractivity contribution is 5.78. The highest BCUT2D eigenvalue weighted by Gasteiger charge is 2.37. The Morgan fingerprint density at radius 3 is 2.55 bits per heavy atom. The zero-order valence-corrected chi connectivity index (χ0v) is 6.57. The van der Waals surface area contributed by atoms with E-state index in [2.05, 4.69) is 0 Å². The molecule has 1 fully saturated rings. The van der Waals surface area contributed by atoms with Crippen molar-refractivity contribution in [3.05, 3.63) is 0 Å². The third-order valence-electron chi connectivity index (χ3n) is 2.22. The molecule has 0 aromatic carbocycles. The first-order chi connectivity index (χ1) is 5.01. The minimum absolute atomic E-state index is 0.0449. The van der Waals surface area contributed by atoms with Gasteiger partial charge in [0.15, 0.2) is 0 Å². The molecule has 1 aliphatic rings. The van der Waals surface area contributed by atoms with Gasteiger partial charge >= 0.3 is 0 Å². The lowest BCUT2D eigenvalue weighted by molar-refractivity contribution is -0.127. The lowest BCUT2D eigenvalue weighted by atomic mass is 9.84. The zero-order chi connectivity index (χ0) is 8.48. The van der Waals surface area contributed by atoms with E-state index in [4.69, 9.17) is 0 Å². The topological polar surface area (TPSA) is 17.1 Å². The summed E-state index contributed by atoms with van der Waals surface area (Å²) >= 11 is 0. The Morgan fingerprint density at radius 1 is 1.55 bits per heavy atom. The van der Waals surface area contributed by atoms with Gasteiger partial charge < -0.3 is 0 Å². The number of halogens is 2. The Morgan fingerprint density at radius 2 is 2.18 bits per heavy atom. The molecule has 64 valence electrons. The molecule has 11 heavy (non-hydrogen) atoms. The Labute approximate surface area is 64.8 Å². The molecule has 0 spiro atoms. The van der Waals surface area contributed by atoms with Crippen LogP contribution in [0.25, 0.3) is 0 Å². The molecule has 0 bridgehead atoms. The molecule has 0 saturated heterocycles. The minimum atomic E-state index is -2.59. The van der Waals surface area contributed by atoms with Gasteiger partial charge in [0, 0.05) is 18.8 Å². The minimum Gasteiger partial charge on any atom is -0.300 e. The van der Waals surface area contributed by atoms with Crippen molar-refractivity contribution in [1.82, 2.24) is 0 Å². The van der Waals surface area contributed by atoms with Gasteiger partial charge in [-0.05, 0) is 19.8 Å². The standard InChI is InChI=1S/C8H12F2O/c1-6(11)7-3-2-4-8(9,10)5-7/h7H,2-5H2,1H3. The molecule has 0 amide bonds. The second-order valence-corrected chi connectivity index (χ2v) is 3.26. The third-order valence-corrected chi connectivity index (χ3v) is 2.22. The predicted octanol–water partition coefficient (Wildman–Crippen LogP) is 2.40. The molecule has 1 unspecified atom stereocenters. The largest absolute Gasteiger partial charge is 0.300 e. The van der Waals surface area contributed by atoms with Crippen molar-refractivity contribution >= 4 is 5.78 Å². The van der Waals surface area contributed by atoms with E-state index in [1.807, 2.05) is 0 Å². The smallest absolute Gasteiger partial charge is 0.248 e. The maximum absolute atomic E-state index is 12.7. The fourth-order valence-corrected chi connectivity index (χ4v) is 1.52. The van der Waals surface area contributed by atoms with Crippen LogP contribution in [0.5, 0.6) is 0 Å². The summed E-state index contributed by atoms with van der Waals surface area (Å²) in [4.78, 5) is 10.8. The van der Waals surface area contributed by atoms with E-state index in [0.717, 1.165) is 0 Å². The molecular weight excluding hydrogens is 150 g/mol. The van der Waals surface area contributed by atoms with Gasteiger partial charge in [0.25, 0.3) is 0 Å². The SMILES string of the molecule is CC(=O)C1CCCC(F)(F)C1. The van der Waals surface area contributed by atoms with Crippen molar-refractivity contribution in [3.8, 4) is 0 Å². The van der Waals surface area contributed by atoms with Gasteiger partial charge in [-0.2, -0.15) is 0 Å². The number of alkyl halides is 2. The van der Waals surface area contributed by atoms with E-state index in [1.165, 1.54) is 6.92 Å². The van der Waals surface area contributed by atoms with Gasteiger partial charge in [-0.25, -0.2) is 8.78 Å². The van der Waals surface area contributed by atoms with Gasteiger partial charge in [0.2, 0.25) is 5.92 Å². The fourth-order valence-electron chi connectivity index (χ4n) is 1.52. The Balaban J connectivity index is 2.53. The highest BCUT2D eigenvalue weighted by Crippen LogP contribution is 2.36. The van der Waals surface area contributed by atoms with Gasteiger partial charge in [-0.15, -0.1) is 0 Å². The second kappa shape index (κ2) is 2.88. The number of hydrogen-bond donors (Lipinski definition) is 0. The van der Waals surface area contributed by atoms with Crippen LogP contribution in [-0.4, -0.2) is 11.7 Å². The Hall–Kier alpha value is -0.470. The van der Waals surface area contributed by atoms with Crippen LogP contribution in [0.4, 0.5) is 8.78 Å². The van der Waals surface area contributed by atoms with Crippen molar-refractivity contribution < 1.29 is 13.6 Å². The molecule has 3 heteroatoms. The molecular formula is C8H12F2O. The lowest BCUT2D eigenvalue weighted by Gasteiger charge is -2.26. The maximum Gasteiger partial charge on any atom is 0.248 e. The van der Waals surface area contributed by atoms with E-state index >= 15 is 0 Å². The van der Waals surface area contributed by atoms with Crippen molar-refractivity contribution in [2.75, 3.05) is 0 Å². The van der Waals surface area contributed by atoms with Gasteiger partial charge in [0.05, 0.1) is 0 Å². The van der Waals surface area contributed by atoms with Crippen LogP contribution in [0.15, 0.2) is 0 Å². The summed E-state index contributed by atoms with van der Waals surface area (Å²) in [6.07, 6.45) is 0.848. The highest BCUT2D eigenvalue weighted by atomic mass is 19.3. The first-order valence-electron chi connectivity index (χ1n) is 3.89. The Kier molecular flexibility index (Phi) is 2.25. The average Bonchev–Trinajstić information content (AvgIpc) is 1.85.